The highest BCUT2D eigenvalue weighted by Crippen LogP contribution is 2.23. The van der Waals surface area contributed by atoms with Crippen LogP contribution in [0.15, 0.2) is 48.5 Å². The molecule has 0 amide bonds. The monoisotopic (exact) mass is 267 g/mol. The van der Waals surface area contributed by atoms with E-state index in [1.807, 2.05) is 6.07 Å². The summed E-state index contributed by atoms with van der Waals surface area (Å²) < 4.78 is 0. The van der Waals surface area contributed by atoms with Crippen LogP contribution in [0.2, 0.25) is 5.02 Å². The number of benzene rings is 2. The molecule has 1 atom stereocenters. The van der Waals surface area contributed by atoms with Gasteiger partial charge in [0.2, 0.25) is 0 Å². The van der Waals surface area contributed by atoms with E-state index in [-0.39, 0.29) is 0 Å². The molecule has 2 aromatic carbocycles. The van der Waals surface area contributed by atoms with E-state index in [0.717, 1.165) is 5.69 Å². The fourth-order valence-electron chi connectivity index (χ4n) is 1.78. The summed E-state index contributed by atoms with van der Waals surface area (Å²) in [5, 5.41) is 22.0. The highest BCUT2D eigenvalue weighted by molar-refractivity contribution is 6.30. The summed E-state index contributed by atoms with van der Waals surface area (Å²) >= 11 is 5.90. The lowest BCUT2D eigenvalue weighted by atomic mass is 10.0. The van der Waals surface area contributed by atoms with Crippen LogP contribution >= 0.6 is 11.6 Å². The van der Waals surface area contributed by atoms with Gasteiger partial charge in [-0.05, 0) is 24.3 Å². The van der Waals surface area contributed by atoms with Crippen LogP contribution in [0.1, 0.15) is 17.2 Å². The molecular weight excluding hydrogens is 258 g/mol. The van der Waals surface area contributed by atoms with Crippen molar-refractivity contribution in [2.24, 2.45) is 0 Å². The molecule has 0 aliphatic heterocycles. The van der Waals surface area contributed by atoms with Crippen LogP contribution in [0, 0.1) is 22.7 Å². The molecule has 0 bridgehead atoms. The lowest BCUT2D eigenvalue weighted by Crippen LogP contribution is -2.10. The van der Waals surface area contributed by atoms with Gasteiger partial charge in [0.1, 0.15) is 6.04 Å². The molecule has 0 heterocycles. The maximum atomic E-state index is 9.28. The van der Waals surface area contributed by atoms with Gasteiger partial charge < -0.3 is 5.32 Å². The Morgan fingerprint density at radius 1 is 1.05 bits per heavy atom. The van der Waals surface area contributed by atoms with E-state index in [9.17, 15) is 5.26 Å². The van der Waals surface area contributed by atoms with Crippen molar-refractivity contribution >= 4 is 17.3 Å². The topological polar surface area (TPSA) is 59.6 Å². The maximum Gasteiger partial charge on any atom is 0.141 e. The third-order valence-corrected chi connectivity index (χ3v) is 2.89. The third kappa shape index (κ3) is 3.04. The lowest BCUT2D eigenvalue weighted by molar-refractivity contribution is 0.991. The number of hydrogen-bond donors (Lipinski definition) is 1. The Hall–Kier alpha value is -2.49. The molecule has 3 nitrogen and oxygen atoms in total. The fourth-order valence-corrected chi connectivity index (χ4v) is 1.97. The molecule has 0 fully saturated rings. The summed E-state index contributed by atoms with van der Waals surface area (Å²) in [6.45, 7) is 0. The maximum absolute atomic E-state index is 9.28. The quantitative estimate of drug-likeness (QED) is 0.918. The van der Waals surface area contributed by atoms with E-state index in [4.69, 9.17) is 16.9 Å². The second-order valence-corrected chi connectivity index (χ2v) is 4.35. The first kappa shape index (κ1) is 13.0. The number of nitrogens with one attached hydrogen (secondary N) is 1. The normalized spacial score (nSPS) is 11.1. The van der Waals surface area contributed by atoms with Crippen LogP contribution in [-0.2, 0) is 0 Å². The number of rotatable bonds is 3. The van der Waals surface area contributed by atoms with Crippen LogP contribution in [-0.4, -0.2) is 0 Å². The smallest absolute Gasteiger partial charge is 0.141 e. The Kier molecular flexibility index (Phi) is 4.03. The Morgan fingerprint density at radius 3 is 2.53 bits per heavy atom. The zero-order chi connectivity index (χ0) is 13.7. The average Bonchev–Trinajstić information content (AvgIpc) is 2.45. The average molecular weight is 268 g/mol. The second kappa shape index (κ2) is 5.91. The number of nitrogens with zero attached hydrogens (tertiary/aromatic N) is 2. The van der Waals surface area contributed by atoms with Gasteiger partial charge in [-0.1, -0.05) is 35.9 Å². The molecule has 1 N–H and O–H groups in total. The van der Waals surface area contributed by atoms with Crippen molar-refractivity contribution < 1.29 is 0 Å². The summed E-state index contributed by atoms with van der Waals surface area (Å²) in [6, 6.07) is 17.8. The zero-order valence-electron chi connectivity index (χ0n) is 9.97. The SMILES string of the molecule is N#Cc1ccccc1C(C#N)Nc1cccc(Cl)c1. The highest BCUT2D eigenvalue weighted by Gasteiger charge is 2.14. The number of halogens is 1. The van der Waals surface area contributed by atoms with Gasteiger partial charge in [-0.15, -0.1) is 0 Å². The highest BCUT2D eigenvalue weighted by atomic mass is 35.5. The Balaban J connectivity index is 2.32. The van der Waals surface area contributed by atoms with Gasteiger partial charge in [0, 0.05) is 16.3 Å². The first-order valence-corrected chi connectivity index (χ1v) is 6.03. The molecule has 0 saturated heterocycles. The van der Waals surface area contributed by atoms with Crippen LogP contribution in [0.3, 0.4) is 0 Å². The van der Waals surface area contributed by atoms with Gasteiger partial charge in [0.15, 0.2) is 0 Å². The molecule has 0 saturated carbocycles. The third-order valence-electron chi connectivity index (χ3n) is 2.66. The lowest BCUT2D eigenvalue weighted by Gasteiger charge is -2.14. The number of anilines is 1. The van der Waals surface area contributed by atoms with E-state index in [2.05, 4.69) is 17.5 Å². The molecule has 2 aromatic rings. The van der Waals surface area contributed by atoms with Gasteiger partial charge in [-0.25, -0.2) is 0 Å². The van der Waals surface area contributed by atoms with E-state index in [0.29, 0.717) is 16.1 Å². The summed E-state index contributed by atoms with van der Waals surface area (Å²) in [5.74, 6) is 0. The van der Waals surface area contributed by atoms with Gasteiger partial charge in [0.05, 0.1) is 17.7 Å². The predicted octanol–water partition coefficient (Wildman–Crippen LogP) is 3.89. The zero-order valence-corrected chi connectivity index (χ0v) is 10.7. The predicted molar refractivity (Wildman–Crippen MR) is 74.6 cm³/mol. The summed E-state index contributed by atoms with van der Waals surface area (Å²) in [4.78, 5) is 0. The van der Waals surface area contributed by atoms with Crippen LogP contribution in [0.25, 0.3) is 0 Å². The molecule has 4 heteroatoms. The molecule has 0 spiro atoms. The molecular formula is C15H10ClN3. The minimum atomic E-state index is -0.589. The van der Waals surface area contributed by atoms with E-state index >= 15 is 0 Å². The Labute approximate surface area is 116 Å². The van der Waals surface area contributed by atoms with Crippen molar-refractivity contribution in [1.82, 2.24) is 0 Å². The summed E-state index contributed by atoms with van der Waals surface area (Å²) in [7, 11) is 0. The number of hydrogen-bond acceptors (Lipinski definition) is 3. The van der Waals surface area contributed by atoms with E-state index in [1.54, 1.807) is 42.5 Å². The van der Waals surface area contributed by atoms with E-state index < -0.39 is 6.04 Å². The van der Waals surface area contributed by atoms with Crippen molar-refractivity contribution in [2.75, 3.05) is 5.32 Å². The van der Waals surface area contributed by atoms with Crippen molar-refractivity contribution in [3.63, 3.8) is 0 Å². The Bertz CT molecular complexity index is 668. The molecule has 0 aliphatic carbocycles. The fraction of sp³-hybridized carbons (Fsp3) is 0.0667. The molecule has 0 aromatic heterocycles. The first-order valence-electron chi connectivity index (χ1n) is 5.65. The molecule has 2 rings (SSSR count). The largest absolute Gasteiger partial charge is 0.366 e. The van der Waals surface area contributed by atoms with Gasteiger partial charge >= 0.3 is 0 Å². The van der Waals surface area contributed by atoms with E-state index in [1.165, 1.54) is 0 Å². The van der Waals surface area contributed by atoms with Gasteiger partial charge in [-0.3, -0.25) is 0 Å². The van der Waals surface area contributed by atoms with Crippen molar-refractivity contribution in [3.05, 3.63) is 64.7 Å². The van der Waals surface area contributed by atoms with Crippen molar-refractivity contribution in [2.45, 2.75) is 6.04 Å². The summed E-state index contributed by atoms with van der Waals surface area (Å²) in [6.07, 6.45) is 0. The van der Waals surface area contributed by atoms with Crippen LogP contribution in [0.5, 0.6) is 0 Å². The number of nitriles is 2. The van der Waals surface area contributed by atoms with Crippen molar-refractivity contribution in [3.8, 4) is 12.1 Å². The second-order valence-electron chi connectivity index (χ2n) is 3.92. The molecule has 0 radical (unpaired) electrons. The molecule has 19 heavy (non-hydrogen) atoms. The summed E-state index contributed by atoms with van der Waals surface area (Å²) in [5.41, 5.74) is 1.89. The minimum absolute atomic E-state index is 0.489. The van der Waals surface area contributed by atoms with Gasteiger partial charge in [0.25, 0.3) is 0 Å². The molecule has 92 valence electrons. The first-order chi connectivity index (χ1) is 9.24. The van der Waals surface area contributed by atoms with Crippen LogP contribution in [0.4, 0.5) is 5.69 Å². The van der Waals surface area contributed by atoms with Crippen molar-refractivity contribution in [1.29, 1.82) is 10.5 Å². The minimum Gasteiger partial charge on any atom is -0.366 e. The molecule has 0 aliphatic rings. The standard InChI is InChI=1S/C15H10ClN3/c16-12-5-3-6-13(8-12)19-15(10-18)14-7-2-1-4-11(14)9-17/h1-8,15,19H. The Morgan fingerprint density at radius 2 is 1.84 bits per heavy atom. The van der Waals surface area contributed by atoms with Crippen LogP contribution < -0.4 is 5.32 Å². The van der Waals surface area contributed by atoms with Gasteiger partial charge in [-0.2, -0.15) is 10.5 Å². The molecule has 1 unspecified atom stereocenters.